The van der Waals surface area contributed by atoms with Gasteiger partial charge in [-0.05, 0) is 31.5 Å². The van der Waals surface area contributed by atoms with Gasteiger partial charge in [0.1, 0.15) is 17.6 Å². The van der Waals surface area contributed by atoms with Gasteiger partial charge in [0.25, 0.3) is 0 Å². The standard InChI is InChI=1S/C15H18ClN3O3/c1-4-12(15(20)18-14-7-9(2)22-19-14)17-10-5-6-13(21-3)11(16)8-10/h5-8,12,17H,4H2,1-3H3,(H,18,19,20)/t12-/m0/s1. The highest BCUT2D eigenvalue weighted by atomic mass is 35.5. The number of rotatable bonds is 6. The lowest BCUT2D eigenvalue weighted by atomic mass is 10.2. The monoisotopic (exact) mass is 323 g/mol. The average Bonchev–Trinajstić information content (AvgIpc) is 2.90. The summed E-state index contributed by atoms with van der Waals surface area (Å²) < 4.78 is 10.0. The molecule has 2 aromatic rings. The second-order valence-corrected chi connectivity index (χ2v) is 5.17. The van der Waals surface area contributed by atoms with Gasteiger partial charge >= 0.3 is 0 Å². The number of nitrogens with one attached hydrogen (secondary N) is 2. The summed E-state index contributed by atoms with van der Waals surface area (Å²) in [7, 11) is 1.55. The van der Waals surface area contributed by atoms with Crippen molar-refractivity contribution in [3.63, 3.8) is 0 Å². The van der Waals surface area contributed by atoms with Crippen LogP contribution in [0.1, 0.15) is 19.1 Å². The van der Waals surface area contributed by atoms with Gasteiger partial charge in [-0.3, -0.25) is 4.79 Å². The molecule has 0 saturated heterocycles. The average molecular weight is 324 g/mol. The van der Waals surface area contributed by atoms with E-state index in [4.69, 9.17) is 20.9 Å². The number of ether oxygens (including phenoxy) is 1. The first-order valence-electron chi connectivity index (χ1n) is 6.87. The molecular weight excluding hydrogens is 306 g/mol. The van der Waals surface area contributed by atoms with E-state index in [0.717, 1.165) is 5.69 Å². The molecule has 118 valence electrons. The van der Waals surface area contributed by atoms with Crippen molar-refractivity contribution in [3.05, 3.63) is 35.0 Å². The van der Waals surface area contributed by atoms with Crippen LogP contribution >= 0.6 is 11.6 Å². The number of methoxy groups -OCH3 is 1. The fourth-order valence-corrected chi connectivity index (χ4v) is 2.21. The summed E-state index contributed by atoms with van der Waals surface area (Å²) in [6.45, 7) is 3.67. The van der Waals surface area contributed by atoms with Crippen LogP contribution in [-0.2, 0) is 4.79 Å². The van der Waals surface area contributed by atoms with Crippen molar-refractivity contribution in [2.24, 2.45) is 0 Å². The lowest BCUT2D eigenvalue weighted by Gasteiger charge is -2.17. The Morgan fingerprint density at radius 2 is 2.23 bits per heavy atom. The van der Waals surface area contributed by atoms with Crippen molar-refractivity contribution >= 4 is 29.0 Å². The number of aryl methyl sites for hydroxylation is 1. The molecule has 1 heterocycles. The lowest BCUT2D eigenvalue weighted by Crippen LogP contribution is -2.34. The van der Waals surface area contributed by atoms with Crippen molar-refractivity contribution in [1.82, 2.24) is 5.16 Å². The Hall–Kier alpha value is -2.21. The van der Waals surface area contributed by atoms with E-state index >= 15 is 0 Å². The van der Waals surface area contributed by atoms with Gasteiger partial charge < -0.3 is 19.9 Å². The van der Waals surface area contributed by atoms with E-state index in [1.54, 1.807) is 38.3 Å². The van der Waals surface area contributed by atoms with E-state index in [2.05, 4.69) is 15.8 Å². The van der Waals surface area contributed by atoms with Crippen molar-refractivity contribution in [2.75, 3.05) is 17.7 Å². The van der Waals surface area contributed by atoms with Crippen LogP contribution in [0.3, 0.4) is 0 Å². The molecule has 0 aliphatic carbocycles. The van der Waals surface area contributed by atoms with Crippen molar-refractivity contribution in [2.45, 2.75) is 26.3 Å². The van der Waals surface area contributed by atoms with Gasteiger partial charge in [-0.1, -0.05) is 23.7 Å². The van der Waals surface area contributed by atoms with E-state index in [0.29, 0.717) is 28.8 Å². The van der Waals surface area contributed by atoms with Gasteiger partial charge in [-0.2, -0.15) is 0 Å². The summed E-state index contributed by atoms with van der Waals surface area (Å²) >= 11 is 6.08. The summed E-state index contributed by atoms with van der Waals surface area (Å²) in [4.78, 5) is 12.3. The van der Waals surface area contributed by atoms with E-state index in [1.165, 1.54) is 0 Å². The molecule has 0 bridgehead atoms. The van der Waals surface area contributed by atoms with Crippen LogP contribution in [0, 0.1) is 6.92 Å². The second-order valence-electron chi connectivity index (χ2n) is 4.77. The number of amides is 1. The summed E-state index contributed by atoms with van der Waals surface area (Å²) in [5.41, 5.74) is 0.740. The third-order valence-corrected chi connectivity index (χ3v) is 3.39. The maximum Gasteiger partial charge on any atom is 0.248 e. The Morgan fingerprint density at radius 1 is 1.45 bits per heavy atom. The van der Waals surface area contributed by atoms with Crippen molar-refractivity contribution in [1.29, 1.82) is 0 Å². The number of anilines is 2. The molecule has 22 heavy (non-hydrogen) atoms. The minimum atomic E-state index is -0.415. The maximum atomic E-state index is 12.3. The molecule has 0 radical (unpaired) electrons. The van der Waals surface area contributed by atoms with Crippen molar-refractivity contribution < 1.29 is 14.1 Å². The molecule has 0 spiro atoms. The van der Waals surface area contributed by atoms with Crippen LogP contribution in [0.4, 0.5) is 11.5 Å². The molecular formula is C15H18ClN3O3. The van der Waals surface area contributed by atoms with Gasteiger partial charge in [-0.15, -0.1) is 0 Å². The normalized spacial score (nSPS) is 11.8. The largest absolute Gasteiger partial charge is 0.495 e. The van der Waals surface area contributed by atoms with E-state index < -0.39 is 6.04 Å². The van der Waals surface area contributed by atoms with E-state index in [1.807, 2.05) is 6.92 Å². The van der Waals surface area contributed by atoms with Gasteiger partial charge in [0, 0.05) is 11.8 Å². The third kappa shape index (κ3) is 3.92. The zero-order valence-corrected chi connectivity index (χ0v) is 13.4. The summed E-state index contributed by atoms with van der Waals surface area (Å²) in [6, 6.07) is 6.52. The summed E-state index contributed by atoms with van der Waals surface area (Å²) in [6.07, 6.45) is 0.603. The number of carbonyl (C=O) groups is 1. The molecule has 2 rings (SSSR count). The highest BCUT2D eigenvalue weighted by Crippen LogP contribution is 2.27. The topological polar surface area (TPSA) is 76.4 Å². The molecule has 0 aliphatic rings. The summed E-state index contributed by atoms with van der Waals surface area (Å²) in [5.74, 6) is 1.43. The van der Waals surface area contributed by atoms with Gasteiger partial charge in [0.05, 0.1) is 12.1 Å². The van der Waals surface area contributed by atoms with E-state index in [-0.39, 0.29) is 5.91 Å². The third-order valence-electron chi connectivity index (χ3n) is 3.10. The lowest BCUT2D eigenvalue weighted by molar-refractivity contribution is -0.117. The van der Waals surface area contributed by atoms with Gasteiger partial charge in [-0.25, -0.2) is 0 Å². The highest BCUT2D eigenvalue weighted by Gasteiger charge is 2.18. The molecule has 7 heteroatoms. The molecule has 0 unspecified atom stereocenters. The minimum Gasteiger partial charge on any atom is -0.495 e. The molecule has 1 aromatic heterocycles. The Balaban J connectivity index is 2.04. The maximum absolute atomic E-state index is 12.3. The predicted molar refractivity (Wildman–Crippen MR) is 85.6 cm³/mol. The number of halogens is 1. The summed E-state index contributed by atoms with van der Waals surface area (Å²) in [5, 5.41) is 10.1. The van der Waals surface area contributed by atoms with Crippen LogP contribution in [0.25, 0.3) is 0 Å². The number of nitrogens with zero attached hydrogens (tertiary/aromatic N) is 1. The SMILES string of the molecule is CC[C@H](Nc1ccc(OC)c(Cl)c1)C(=O)Nc1cc(C)on1. The Kier molecular flexibility index (Phi) is 5.27. The number of carbonyl (C=O) groups excluding carboxylic acids is 1. The second kappa shape index (κ2) is 7.17. The van der Waals surface area contributed by atoms with Crippen molar-refractivity contribution in [3.8, 4) is 5.75 Å². The first kappa shape index (κ1) is 16.2. The number of hydrogen-bond donors (Lipinski definition) is 2. The molecule has 0 fully saturated rings. The van der Waals surface area contributed by atoms with Gasteiger partial charge in [0.15, 0.2) is 5.82 Å². The number of hydrogen-bond acceptors (Lipinski definition) is 5. The smallest absolute Gasteiger partial charge is 0.248 e. The molecule has 2 N–H and O–H groups in total. The highest BCUT2D eigenvalue weighted by molar-refractivity contribution is 6.32. The predicted octanol–water partition coefficient (Wildman–Crippen LogP) is 3.47. The molecule has 1 atom stereocenters. The van der Waals surface area contributed by atoms with E-state index in [9.17, 15) is 4.79 Å². The first-order chi connectivity index (χ1) is 10.5. The Bertz CT molecular complexity index is 657. The van der Waals surface area contributed by atoms with Crippen LogP contribution in [0.2, 0.25) is 5.02 Å². The number of benzene rings is 1. The molecule has 1 amide bonds. The number of aromatic nitrogens is 1. The van der Waals surface area contributed by atoms with Crippen LogP contribution in [-0.4, -0.2) is 24.2 Å². The zero-order chi connectivity index (χ0) is 16.1. The Labute approximate surface area is 133 Å². The fraction of sp³-hybridized carbons (Fsp3) is 0.333. The zero-order valence-electron chi connectivity index (χ0n) is 12.6. The minimum absolute atomic E-state index is 0.192. The quantitative estimate of drug-likeness (QED) is 0.851. The Morgan fingerprint density at radius 3 is 2.77 bits per heavy atom. The fourth-order valence-electron chi connectivity index (χ4n) is 1.95. The molecule has 6 nitrogen and oxygen atoms in total. The molecule has 0 saturated carbocycles. The van der Waals surface area contributed by atoms with Crippen LogP contribution < -0.4 is 15.4 Å². The van der Waals surface area contributed by atoms with Gasteiger partial charge in [0.2, 0.25) is 5.91 Å². The molecule has 0 aliphatic heterocycles. The molecule has 1 aromatic carbocycles. The first-order valence-corrected chi connectivity index (χ1v) is 7.25. The van der Waals surface area contributed by atoms with Crippen LogP contribution in [0.15, 0.2) is 28.8 Å². The van der Waals surface area contributed by atoms with Crippen LogP contribution in [0.5, 0.6) is 5.75 Å².